The van der Waals surface area contributed by atoms with Gasteiger partial charge in [-0.3, -0.25) is 0 Å². The van der Waals surface area contributed by atoms with Gasteiger partial charge in [0.1, 0.15) is 0 Å². The number of rotatable bonds is 52. The molecule has 0 heterocycles. The topological polar surface area (TPSA) is 64.6 Å². The van der Waals surface area contributed by atoms with E-state index >= 15 is 0 Å². The molecule has 0 radical (unpaired) electrons. The molecule has 69 heavy (non-hydrogen) atoms. The quantitative estimate of drug-likeness (QED) is 0.0372. The Bertz CT molecular complexity index is 1230. The molecule has 0 aromatic heterocycles. The zero-order chi connectivity index (χ0) is 49.2. The molecule has 0 amide bonds. The van der Waals surface area contributed by atoms with E-state index in [1.807, 2.05) is 36.4 Å². The predicted octanol–water partition coefficient (Wildman–Crippen LogP) is 18.5. The minimum Gasteiger partial charge on any atom is -0.353 e. The van der Waals surface area contributed by atoms with E-state index in [9.17, 15) is 0 Å². The molecule has 0 aliphatic heterocycles. The van der Waals surface area contributed by atoms with E-state index in [2.05, 4.69) is 76.3 Å². The van der Waals surface area contributed by atoms with Crippen molar-refractivity contribution in [3.8, 4) is 0 Å². The van der Waals surface area contributed by atoms with Crippen molar-refractivity contribution in [2.45, 2.75) is 272 Å². The number of hydrogen-bond donors (Lipinski definition) is 0. The van der Waals surface area contributed by atoms with Gasteiger partial charge in [0.05, 0.1) is 13.2 Å². The Kier molecular flexibility index (Phi) is 44.8. The number of allylic oxidation sites excluding steroid dienone is 2. The molecule has 0 saturated carbocycles. The summed E-state index contributed by atoms with van der Waals surface area (Å²) in [5.41, 5.74) is 2.21. The van der Waals surface area contributed by atoms with Crippen LogP contribution >= 0.6 is 0 Å². The first kappa shape index (κ1) is 62.8. The van der Waals surface area contributed by atoms with Crippen LogP contribution in [0.3, 0.4) is 0 Å². The van der Waals surface area contributed by atoms with Crippen LogP contribution in [-0.4, -0.2) is 51.6 Å². The van der Waals surface area contributed by atoms with Crippen molar-refractivity contribution in [1.29, 1.82) is 0 Å². The number of benzene rings is 2. The fraction of sp³-hybridized carbons (Fsp3) is 0.742. The van der Waals surface area contributed by atoms with Gasteiger partial charge in [0.2, 0.25) is 0 Å². The standard InChI is InChI=1S/C62H106O7/c1-5-9-13-17-25-39-51-63-59(64-52-40-26-18-14-10-6-2)47-35-21-23-37-49-61(67-55-57-43-31-29-32-44-57)69-62(68-56-58-45-33-30-34-46-58)50-38-24-22-36-48-60(65-53-41-27-19-15-11-7-3)66-54-42-28-20-16-12-8-4/h29-34,37-38,43-46,49-50,59-62H,5-28,35-36,39-42,47-48,51-56H2,1-4H3. The zero-order valence-electron chi connectivity index (χ0n) is 45.1. The van der Waals surface area contributed by atoms with Crippen molar-refractivity contribution in [2.75, 3.05) is 26.4 Å². The summed E-state index contributed by atoms with van der Waals surface area (Å²) >= 11 is 0. The number of unbranched alkanes of at least 4 members (excludes halogenated alkanes) is 24. The molecule has 0 bridgehead atoms. The summed E-state index contributed by atoms with van der Waals surface area (Å²) in [6.45, 7) is 13.1. The van der Waals surface area contributed by atoms with Crippen molar-refractivity contribution in [1.82, 2.24) is 0 Å². The third-order valence-corrected chi connectivity index (χ3v) is 12.7. The van der Waals surface area contributed by atoms with Gasteiger partial charge in [0.15, 0.2) is 25.2 Å². The second kappa shape index (κ2) is 49.2. The fourth-order valence-corrected chi connectivity index (χ4v) is 8.30. The Morgan fingerprint density at radius 1 is 0.333 bits per heavy atom. The van der Waals surface area contributed by atoms with E-state index in [0.717, 1.165) is 115 Å². The molecule has 2 aromatic carbocycles. The summed E-state index contributed by atoms with van der Waals surface area (Å²) in [6.07, 6.45) is 45.4. The first-order valence-corrected chi connectivity index (χ1v) is 28.9. The molecule has 2 unspecified atom stereocenters. The molecule has 0 fully saturated rings. The lowest BCUT2D eigenvalue weighted by molar-refractivity contribution is -0.215. The lowest BCUT2D eigenvalue weighted by Crippen LogP contribution is -2.24. The highest BCUT2D eigenvalue weighted by molar-refractivity contribution is 5.14. The van der Waals surface area contributed by atoms with Crippen LogP contribution in [0.15, 0.2) is 85.0 Å². The molecule has 0 N–H and O–H groups in total. The monoisotopic (exact) mass is 963 g/mol. The van der Waals surface area contributed by atoms with Crippen molar-refractivity contribution in [3.63, 3.8) is 0 Å². The van der Waals surface area contributed by atoms with E-state index in [1.165, 1.54) is 128 Å². The zero-order valence-corrected chi connectivity index (χ0v) is 45.1. The Labute approximate surface area is 425 Å². The van der Waals surface area contributed by atoms with E-state index in [-0.39, 0.29) is 12.6 Å². The summed E-state index contributed by atoms with van der Waals surface area (Å²) < 4.78 is 44.8. The minimum atomic E-state index is -0.571. The molecular formula is C62H106O7. The Hall–Kier alpha value is -2.36. The van der Waals surface area contributed by atoms with Crippen molar-refractivity contribution in [2.24, 2.45) is 0 Å². The minimum absolute atomic E-state index is 0.118. The first-order valence-electron chi connectivity index (χ1n) is 28.9. The van der Waals surface area contributed by atoms with E-state index in [1.54, 1.807) is 0 Å². The van der Waals surface area contributed by atoms with Crippen molar-refractivity contribution in [3.05, 3.63) is 96.1 Å². The summed E-state index contributed by atoms with van der Waals surface area (Å²) in [5.74, 6) is 0. The average molecular weight is 964 g/mol. The molecule has 7 nitrogen and oxygen atoms in total. The molecule has 7 heteroatoms. The summed E-state index contributed by atoms with van der Waals surface area (Å²) in [7, 11) is 0. The molecule has 2 rings (SSSR count). The van der Waals surface area contributed by atoms with E-state index < -0.39 is 12.6 Å². The Morgan fingerprint density at radius 3 is 0.957 bits per heavy atom. The SMILES string of the molecule is CCCCCCCCOC(CCCCC=CC(OCc1ccccc1)OC(C=CCCCCC(OCCCCCCCC)OCCCCCCCC)OCc1ccccc1)OCCCCCCCC. The largest absolute Gasteiger partial charge is 0.353 e. The van der Waals surface area contributed by atoms with Gasteiger partial charge in [0.25, 0.3) is 0 Å². The second-order valence-electron chi connectivity index (χ2n) is 19.3. The van der Waals surface area contributed by atoms with Gasteiger partial charge in [0, 0.05) is 26.4 Å². The third-order valence-electron chi connectivity index (χ3n) is 12.7. The summed E-state index contributed by atoms with van der Waals surface area (Å²) in [5, 5.41) is 0. The summed E-state index contributed by atoms with van der Waals surface area (Å²) in [6, 6.07) is 20.6. The normalized spacial score (nSPS) is 13.0. The van der Waals surface area contributed by atoms with Crippen LogP contribution in [0.2, 0.25) is 0 Å². The molecule has 0 aliphatic rings. The van der Waals surface area contributed by atoms with E-state index in [0.29, 0.717) is 13.2 Å². The molecule has 2 atom stereocenters. The van der Waals surface area contributed by atoms with E-state index in [4.69, 9.17) is 33.2 Å². The van der Waals surface area contributed by atoms with Crippen LogP contribution in [0.1, 0.15) is 244 Å². The fourth-order valence-electron chi connectivity index (χ4n) is 8.30. The highest BCUT2D eigenvalue weighted by atomic mass is 16.8. The van der Waals surface area contributed by atoms with Crippen LogP contribution in [0.4, 0.5) is 0 Å². The molecular weight excluding hydrogens is 857 g/mol. The lowest BCUT2D eigenvalue weighted by Gasteiger charge is -2.22. The molecule has 2 aromatic rings. The summed E-state index contributed by atoms with van der Waals surface area (Å²) in [4.78, 5) is 0. The Balaban J connectivity index is 1.99. The number of ether oxygens (including phenoxy) is 7. The lowest BCUT2D eigenvalue weighted by atomic mass is 10.1. The van der Waals surface area contributed by atoms with Crippen LogP contribution < -0.4 is 0 Å². The van der Waals surface area contributed by atoms with Gasteiger partial charge >= 0.3 is 0 Å². The van der Waals surface area contributed by atoms with Crippen LogP contribution in [0.5, 0.6) is 0 Å². The van der Waals surface area contributed by atoms with Crippen LogP contribution in [0, 0.1) is 0 Å². The van der Waals surface area contributed by atoms with Gasteiger partial charge in [-0.25, -0.2) is 0 Å². The number of hydrogen-bond acceptors (Lipinski definition) is 7. The molecule has 0 spiro atoms. The first-order chi connectivity index (χ1) is 34.2. The predicted molar refractivity (Wildman–Crippen MR) is 291 cm³/mol. The molecule has 0 aliphatic carbocycles. The molecule has 0 saturated heterocycles. The van der Waals surface area contributed by atoms with Gasteiger partial charge in [-0.05, 0) is 100 Å². The molecule has 396 valence electrons. The maximum atomic E-state index is 6.63. The highest BCUT2D eigenvalue weighted by Crippen LogP contribution is 2.18. The van der Waals surface area contributed by atoms with Crippen LogP contribution in [0.25, 0.3) is 0 Å². The van der Waals surface area contributed by atoms with Gasteiger partial charge in [-0.1, -0.05) is 229 Å². The Morgan fingerprint density at radius 2 is 0.638 bits per heavy atom. The second-order valence-corrected chi connectivity index (χ2v) is 19.3. The average Bonchev–Trinajstić information content (AvgIpc) is 3.37. The van der Waals surface area contributed by atoms with Crippen molar-refractivity contribution >= 4 is 0 Å². The third kappa shape index (κ3) is 39.9. The highest BCUT2D eigenvalue weighted by Gasteiger charge is 2.16. The van der Waals surface area contributed by atoms with Gasteiger partial charge < -0.3 is 33.2 Å². The maximum absolute atomic E-state index is 6.63. The van der Waals surface area contributed by atoms with Gasteiger partial charge in [-0.15, -0.1) is 0 Å². The van der Waals surface area contributed by atoms with Crippen molar-refractivity contribution < 1.29 is 33.2 Å². The maximum Gasteiger partial charge on any atom is 0.180 e. The smallest absolute Gasteiger partial charge is 0.180 e. The van der Waals surface area contributed by atoms with Crippen LogP contribution in [-0.2, 0) is 46.4 Å². The van der Waals surface area contributed by atoms with Gasteiger partial charge in [-0.2, -0.15) is 0 Å².